The number of carbonyl (C=O) groups excluding carboxylic acids is 1. The summed E-state index contributed by atoms with van der Waals surface area (Å²) in [6.07, 6.45) is 4.10. The first kappa shape index (κ1) is 19.2. The zero-order valence-corrected chi connectivity index (χ0v) is 17.2. The Morgan fingerprint density at radius 1 is 1.14 bits per heavy atom. The van der Waals surface area contributed by atoms with Crippen molar-refractivity contribution < 1.29 is 19.0 Å². The minimum absolute atomic E-state index is 0.00703. The van der Waals surface area contributed by atoms with Gasteiger partial charge in [0.05, 0.1) is 31.5 Å². The molecule has 1 aromatic heterocycles. The van der Waals surface area contributed by atoms with E-state index in [0.717, 1.165) is 30.6 Å². The van der Waals surface area contributed by atoms with Crippen LogP contribution < -0.4 is 9.47 Å². The maximum absolute atomic E-state index is 12.9. The smallest absolute Gasteiger partial charge is 0.270 e. The van der Waals surface area contributed by atoms with E-state index in [2.05, 4.69) is 6.07 Å². The molecule has 2 aliphatic rings. The van der Waals surface area contributed by atoms with Crippen LogP contribution in [-0.2, 0) is 23.8 Å². The Hall–Kier alpha value is -2.18. The number of rotatable bonds is 3. The summed E-state index contributed by atoms with van der Waals surface area (Å²) in [6, 6.07) is 5.82. The van der Waals surface area contributed by atoms with Crippen LogP contribution in [0.4, 0.5) is 0 Å². The Bertz CT molecular complexity index is 900. The predicted octanol–water partition coefficient (Wildman–Crippen LogP) is 3.40. The van der Waals surface area contributed by atoms with Gasteiger partial charge in [0.15, 0.2) is 11.5 Å². The number of aryl methyl sites for hydroxylation is 1. The Morgan fingerprint density at radius 2 is 1.82 bits per heavy atom. The van der Waals surface area contributed by atoms with Crippen LogP contribution in [0, 0.1) is 0 Å². The summed E-state index contributed by atoms with van der Waals surface area (Å²) in [4.78, 5) is 14.8. The molecule has 1 saturated heterocycles. The van der Waals surface area contributed by atoms with E-state index in [9.17, 15) is 4.79 Å². The van der Waals surface area contributed by atoms with Crippen LogP contribution in [0.15, 0.2) is 24.4 Å². The molecule has 0 atom stereocenters. The fourth-order valence-electron chi connectivity index (χ4n) is 4.37. The van der Waals surface area contributed by atoms with Crippen molar-refractivity contribution in [3.63, 3.8) is 0 Å². The molecule has 0 unspecified atom stereocenters. The molecule has 0 radical (unpaired) electrons. The van der Waals surface area contributed by atoms with Crippen molar-refractivity contribution in [2.24, 2.45) is 7.05 Å². The highest BCUT2D eigenvalue weighted by Crippen LogP contribution is 2.45. The molecular weight excluding hydrogens is 380 g/mol. The number of ether oxygens (including phenoxy) is 3. The summed E-state index contributed by atoms with van der Waals surface area (Å²) in [5, 5.41) is 0.574. The number of likely N-dealkylation sites (tertiary alicyclic amines) is 1. The topological polar surface area (TPSA) is 52.9 Å². The largest absolute Gasteiger partial charge is 0.493 e. The van der Waals surface area contributed by atoms with Crippen LogP contribution in [0.25, 0.3) is 0 Å². The van der Waals surface area contributed by atoms with Crippen molar-refractivity contribution in [1.82, 2.24) is 9.47 Å². The van der Waals surface area contributed by atoms with Crippen molar-refractivity contribution in [2.75, 3.05) is 33.9 Å². The van der Waals surface area contributed by atoms with E-state index in [-0.39, 0.29) is 11.5 Å². The second-order valence-corrected chi connectivity index (χ2v) is 7.84. The van der Waals surface area contributed by atoms with E-state index in [4.69, 9.17) is 25.8 Å². The average Bonchev–Trinajstić information content (AvgIpc) is 3.05. The molecule has 2 aliphatic heterocycles. The zero-order valence-electron chi connectivity index (χ0n) is 16.5. The monoisotopic (exact) mass is 404 g/mol. The summed E-state index contributed by atoms with van der Waals surface area (Å²) in [5.74, 6) is 1.46. The molecule has 0 bridgehead atoms. The van der Waals surface area contributed by atoms with Crippen molar-refractivity contribution in [3.8, 4) is 11.5 Å². The van der Waals surface area contributed by atoms with Crippen LogP contribution in [-0.4, -0.2) is 49.3 Å². The lowest BCUT2D eigenvalue weighted by Crippen LogP contribution is -2.48. The molecule has 1 aromatic carbocycles. The summed E-state index contributed by atoms with van der Waals surface area (Å²) in [5.41, 5.74) is 2.62. The number of nitrogens with zero attached hydrogens (tertiary/aromatic N) is 2. The number of fused-ring (bicyclic) bond motifs is 2. The molecule has 150 valence electrons. The molecule has 7 heteroatoms. The molecule has 1 fully saturated rings. The van der Waals surface area contributed by atoms with Crippen LogP contribution in [0.1, 0.15) is 34.5 Å². The summed E-state index contributed by atoms with van der Waals surface area (Å²) >= 11 is 6.04. The number of piperidine rings is 1. The van der Waals surface area contributed by atoms with Crippen molar-refractivity contribution in [1.29, 1.82) is 0 Å². The molecule has 0 saturated carbocycles. The van der Waals surface area contributed by atoms with E-state index in [1.54, 1.807) is 31.0 Å². The molecule has 6 nitrogen and oxygen atoms in total. The molecule has 2 aromatic rings. The second-order valence-electron chi connectivity index (χ2n) is 7.40. The van der Waals surface area contributed by atoms with Gasteiger partial charge in [0.2, 0.25) is 0 Å². The van der Waals surface area contributed by atoms with Gasteiger partial charge in [-0.25, -0.2) is 0 Å². The van der Waals surface area contributed by atoms with E-state index in [1.165, 1.54) is 5.56 Å². The Balaban J connectivity index is 1.58. The average molecular weight is 405 g/mol. The third-order valence-corrected chi connectivity index (χ3v) is 6.11. The lowest BCUT2D eigenvalue weighted by atomic mass is 9.79. The standard InChI is InChI=1S/C21H25ClN2O4/c1-23-13-15(22)11-17(23)20(25)24-7-5-21(6-8-24)16-12-19(27-3)18(26-2)10-14(16)4-9-28-21/h10-13H,4-9H2,1-3H3. The van der Waals surface area contributed by atoms with Gasteiger partial charge in [0.25, 0.3) is 5.91 Å². The lowest BCUT2D eigenvalue weighted by Gasteiger charge is -2.45. The van der Waals surface area contributed by atoms with Gasteiger partial charge >= 0.3 is 0 Å². The SMILES string of the molecule is COc1cc2c(cc1OC)C1(CCN(C(=O)c3cc(Cl)cn3C)CC1)OCC2. The molecule has 1 spiro atoms. The van der Waals surface area contributed by atoms with Gasteiger partial charge in [-0.2, -0.15) is 0 Å². The molecule has 3 heterocycles. The minimum atomic E-state index is -0.379. The van der Waals surface area contributed by atoms with Crippen LogP contribution >= 0.6 is 11.6 Å². The minimum Gasteiger partial charge on any atom is -0.493 e. The molecule has 28 heavy (non-hydrogen) atoms. The Labute approximate surface area is 169 Å². The van der Waals surface area contributed by atoms with Gasteiger partial charge in [0.1, 0.15) is 5.69 Å². The van der Waals surface area contributed by atoms with Crippen LogP contribution in [0.3, 0.4) is 0 Å². The maximum atomic E-state index is 12.9. The van der Waals surface area contributed by atoms with E-state index in [1.807, 2.05) is 18.0 Å². The Kier molecular flexibility index (Phi) is 5.02. The maximum Gasteiger partial charge on any atom is 0.270 e. The fourth-order valence-corrected chi connectivity index (χ4v) is 4.62. The zero-order chi connectivity index (χ0) is 19.9. The Morgan fingerprint density at radius 3 is 2.43 bits per heavy atom. The number of aromatic nitrogens is 1. The second kappa shape index (κ2) is 7.33. The highest BCUT2D eigenvalue weighted by Gasteiger charge is 2.42. The number of hydrogen-bond donors (Lipinski definition) is 0. The van der Waals surface area contributed by atoms with Gasteiger partial charge in [0, 0.05) is 26.3 Å². The molecule has 4 rings (SSSR count). The highest BCUT2D eigenvalue weighted by atomic mass is 35.5. The lowest BCUT2D eigenvalue weighted by molar-refractivity contribution is -0.0937. The highest BCUT2D eigenvalue weighted by molar-refractivity contribution is 6.31. The first-order valence-electron chi connectivity index (χ1n) is 9.48. The van der Waals surface area contributed by atoms with Gasteiger partial charge in [-0.15, -0.1) is 0 Å². The number of carbonyl (C=O) groups is 1. The number of amides is 1. The normalized spacial score (nSPS) is 18.1. The first-order valence-corrected chi connectivity index (χ1v) is 9.86. The quantitative estimate of drug-likeness (QED) is 0.786. The number of methoxy groups -OCH3 is 2. The van der Waals surface area contributed by atoms with Gasteiger partial charge in [-0.3, -0.25) is 4.79 Å². The van der Waals surface area contributed by atoms with Gasteiger partial charge in [-0.05, 0) is 48.6 Å². The summed E-state index contributed by atoms with van der Waals surface area (Å²) < 4.78 is 19.0. The molecule has 0 aliphatic carbocycles. The van der Waals surface area contributed by atoms with E-state index in [0.29, 0.717) is 36.2 Å². The van der Waals surface area contributed by atoms with Crippen LogP contribution in [0.5, 0.6) is 11.5 Å². The van der Waals surface area contributed by atoms with Crippen molar-refractivity contribution in [2.45, 2.75) is 24.9 Å². The van der Waals surface area contributed by atoms with Gasteiger partial charge in [-0.1, -0.05) is 11.6 Å². The molecule has 1 amide bonds. The predicted molar refractivity (Wildman–Crippen MR) is 106 cm³/mol. The van der Waals surface area contributed by atoms with Crippen molar-refractivity contribution in [3.05, 3.63) is 46.2 Å². The third-order valence-electron chi connectivity index (χ3n) is 5.90. The number of hydrogen-bond acceptors (Lipinski definition) is 4. The van der Waals surface area contributed by atoms with Gasteiger partial charge < -0.3 is 23.7 Å². The fraction of sp³-hybridized carbons (Fsp3) is 0.476. The van der Waals surface area contributed by atoms with E-state index < -0.39 is 0 Å². The van der Waals surface area contributed by atoms with Crippen molar-refractivity contribution >= 4 is 17.5 Å². The summed E-state index contributed by atoms with van der Waals surface area (Å²) in [7, 11) is 5.14. The van der Waals surface area contributed by atoms with E-state index >= 15 is 0 Å². The number of benzene rings is 1. The molecule has 0 N–H and O–H groups in total. The third kappa shape index (κ3) is 3.14. The van der Waals surface area contributed by atoms with Crippen LogP contribution in [0.2, 0.25) is 5.02 Å². The summed E-state index contributed by atoms with van der Waals surface area (Å²) in [6.45, 7) is 1.94. The first-order chi connectivity index (χ1) is 13.5. The number of halogens is 1. The molecular formula is C21H25ClN2O4.